The van der Waals surface area contributed by atoms with Crippen molar-refractivity contribution in [3.63, 3.8) is 0 Å². The van der Waals surface area contributed by atoms with E-state index in [4.69, 9.17) is 11.6 Å². The summed E-state index contributed by atoms with van der Waals surface area (Å²) in [6.45, 7) is 0. The van der Waals surface area contributed by atoms with Crippen LogP contribution in [0.15, 0.2) is 66.8 Å². The number of amides is 1. The molecule has 32 heavy (non-hydrogen) atoms. The van der Waals surface area contributed by atoms with Crippen LogP contribution in [0.5, 0.6) is 0 Å². The average Bonchev–Trinajstić information content (AvgIpc) is 3.23. The van der Waals surface area contributed by atoms with E-state index in [1.807, 2.05) is 0 Å². The smallest absolute Gasteiger partial charge is 0.261 e. The summed E-state index contributed by atoms with van der Waals surface area (Å²) in [6, 6.07) is 12.1. The molecule has 0 fully saturated rings. The molecule has 4 rings (SSSR count). The standard InChI is InChI=1S/C19H10Br3ClN4O3S2/c20-9-1-6-15(27-32(29,30)11-4-2-10(23)3-5-11)12(7-9)19(28)24-16-13(21)8-14(22)17-18(16)26-31-25-17/h1-8,27H,(H,24,28). The van der Waals surface area contributed by atoms with E-state index in [0.717, 1.165) is 16.2 Å². The number of aromatic nitrogens is 2. The van der Waals surface area contributed by atoms with E-state index < -0.39 is 15.9 Å². The van der Waals surface area contributed by atoms with Crippen LogP contribution in [-0.2, 0) is 10.0 Å². The van der Waals surface area contributed by atoms with Crippen LogP contribution >= 0.6 is 71.1 Å². The van der Waals surface area contributed by atoms with Gasteiger partial charge in [-0.25, -0.2) is 8.42 Å². The first-order valence-electron chi connectivity index (χ1n) is 8.65. The average molecular weight is 682 g/mol. The summed E-state index contributed by atoms with van der Waals surface area (Å²) < 4.78 is 38.6. The van der Waals surface area contributed by atoms with Crippen molar-refractivity contribution in [3.8, 4) is 0 Å². The molecule has 2 N–H and O–H groups in total. The van der Waals surface area contributed by atoms with Crippen molar-refractivity contribution in [2.45, 2.75) is 4.90 Å². The molecule has 0 unspecified atom stereocenters. The Kier molecular flexibility index (Phi) is 6.89. The number of sulfonamides is 1. The zero-order valence-corrected chi connectivity index (χ0v) is 22.7. The molecule has 0 saturated heterocycles. The maximum absolute atomic E-state index is 13.2. The molecule has 1 aromatic heterocycles. The molecule has 0 aliphatic carbocycles. The molecule has 13 heteroatoms. The van der Waals surface area contributed by atoms with Crippen LogP contribution in [0.1, 0.15) is 10.4 Å². The molecule has 0 saturated carbocycles. The highest BCUT2D eigenvalue weighted by Gasteiger charge is 2.22. The SMILES string of the molecule is O=C(Nc1c(Br)cc(Br)c2nsnc12)c1cc(Br)ccc1NS(=O)(=O)c1ccc(Cl)cc1. The topological polar surface area (TPSA) is 101 Å². The number of benzene rings is 3. The number of fused-ring (bicyclic) bond motifs is 1. The van der Waals surface area contributed by atoms with E-state index in [0.29, 0.717) is 30.7 Å². The second kappa shape index (κ2) is 9.35. The van der Waals surface area contributed by atoms with Gasteiger partial charge in [-0.05, 0) is 80.4 Å². The fraction of sp³-hybridized carbons (Fsp3) is 0. The Hall–Kier alpha value is -1.57. The van der Waals surface area contributed by atoms with Crippen molar-refractivity contribution in [2.75, 3.05) is 10.0 Å². The lowest BCUT2D eigenvalue weighted by Gasteiger charge is -2.14. The number of halogens is 4. The number of carbonyl (C=O) groups excluding carboxylic acids is 1. The van der Waals surface area contributed by atoms with Crippen molar-refractivity contribution >= 4 is 109 Å². The molecule has 1 amide bonds. The first kappa shape index (κ1) is 23.6. The van der Waals surface area contributed by atoms with E-state index in [1.54, 1.807) is 12.1 Å². The lowest BCUT2D eigenvalue weighted by atomic mass is 10.1. The molecule has 4 aromatic rings. The summed E-state index contributed by atoms with van der Waals surface area (Å²) in [6.07, 6.45) is 0. The van der Waals surface area contributed by atoms with Gasteiger partial charge >= 0.3 is 0 Å². The van der Waals surface area contributed by atoms with E-state index in [1.165, 1.54) is 36.4 Å². The minimum atomic E-state index is -3.95. The maximum atomic E-state index is 13.2. The summed E-state index contributed by atoms with van der Waals surface area (Å²) in [7, 11) is -3.95. The molecular weight excluding hydrogens is 672 g/mol. The Labute approximate surface area is 217 Å². The van der Waals surface area contributed by atoms with Gasteiger partial charge in [0.2, 0.25) is 0 Å². The fourth-order valence-electron chi connectivity index (χ4n) is 2.78. The second-order valence-corrected chi connectivity index (χ2v) is 11.7. The van der Waals surface area contributed by atoms with Crippen molar-refractivity contribution < 1.29 is 13.2 Å². The van der Waals surface area contributed by atoms with Gasteiger partial charge in [0, 0.05) is 18.4 Å². The highest BCUT2D eigenvalue weighted by Crippen LogP contribution is 2.36. The zero-order valence-electron chi connectivity index (χ0n) is 15.6. The number of nitrogens with zero attached hydrogens (tertiary/aromatic N) is 2. The highest BCUT2D eigenvalue weighted by molar-refractivity contribution is 9.11. The Morgan fingerprint density at radius 2 is 1.62 bits per heavy atom. The molecule has 0 spiro atoms. The number of hydrogen-bond donors (Lipinski definition) is 2. The number of rotatable bonds is 5. The van der Waals surface area contributed by atoms with Crippen molar-refractivity contribution in [2.24, 2.45) is 0 Å². The third-order valence-electron chi connectivity index (χ3n) is 4.28. The minimum Gasteiger partial charge on any atom is -0.319 e. The molecule has 3 aromatic carbocycles. The van der Waals surface area contributed by atoms with Gasteiger partial charge < -0.3 is 5.32 Å². The Morgan fingerprint density at radius 3 is 2.34 bits per heavy atom. The largest absolute Gasteiger partial charge is 0.319 e. The van der Waals surface area contributed by atoms with Crippen LogP contribution in [0.2, 0.25) is 5.02 Å². The van der Waals surface area contributed by atoms with Crippen LogP contribution in [0.4, 0.5) is 11.4 Å². The molecule has 7 nitrogen and oxygen atoms in total. The first-order chi connectivity index (χ1) is 15.2. The quantitative estimate of drug-likeness (QED) is 0.245. The summed E-state index contributed by atoms with van der Waals surface area (Å²) in [4.78, 5) is 13.2. The summed E-state index contributed by atoms with van der Waals surface area (Å²) in [5.74, 6) is -0.530. The molecule has 0 aliphatic heterocycles. The van der Waals surface area contributed by atoms with Crippen LogP contribution in [0.3, 0.4) is 0 Å². The third-order valence-corrected chi connectivity index (χ3v) is 8.16. The second-order valence-electron chi connectivity index (χ2n) is 6.38. The zero-order chi connectivity index (χ0) is 23.0. The predicted molar refractivity (Wildman–Crippen MR) is 137 cm³/mol. The molecule has 0 aliphatic rings. The van der Waals surface area contributed by atoms with Crippen molar-refractivity contribution in [1.29, 1.82) is 0 Å². The maximum Gasteiger partial charge on any atom is 0.261 e. The molecule has 0 atom stereocenters. The van der Waals surface area contributed by atoms with Gasteiger partial charge in [-0.3, -0.25) is 9.52 Å². The molecule has 0 bridgehead atoms. The fourth-order valence-corrected chi connectivity index (χ4v) is 6.36. The van der Waals surface area contributed by atoms with Crippen LogP contribution < -0.4 is 10.0 Å². The molecule has 1 heterocycles. The van der Waals surface area contributed by atoms with Crippen LogP contribution in [-0.4, -0.2) is 23.1 Å². The van der Waals surface area contributed by atoms with Crippen LogP contribution in [0.25, 0.3) is 11.0 Å². The van der Waals surface area contributed by atoms with Gasteiger partial charge in [-0.2, -0.15) is 8.75 Å². The lowest BCUT2D eigenvalue weighted by Crippen LogP contribution is -2.19. The predicted octanol–water partition coefficient (Wildman–Crippen LogP) is 6.69. The molecule has 0 radical (unpaired) electrons. The highest BCUT2D eigenvalue weighted by atomic mass is 79.9. The number of hydrogen-bond acceptors (Lipinski definition) is 6. The van der Waals surface area contributed by atoms with Gasteiger partial charge in [0.15, 0.2) is 0 Å². The Morgan fingerprint density at radius 1 is 0.938 bits per heavy atom. The summed E-state index contributed by atoms with van der Waals surface area (Å²) in [5, 5.41) is 3.22. The van der Waals surface area contributed by atoms with Gasteiger partial charge in [-0.1, -0.05) is 27.5 Å². The molecule has 164 valence electrons. The lowest BCUT2D eigenvalue weighted by molar-refractivity contribution is 0.102. The van der Waals surface area contributed by atoms with Crippen molar-refractivity contribution in [3.05, 3.63) is 72.5 Å². The van der Waals surface area contributed by atoms with Gasteiger partial charge in [-0.15, -0.1) is 0 Å². The van der Waals surface area contributed by atoms with E-state index in [2.05, 4.69) is 66.6 Å². The third kappa shape index (κ3) is 4.85. The van der Waals surface area contributed by atoms with E-state index in [-0.39, 0.29) is 16.1 Å². The Bertz CT molecular complexity index is 1460. The Balaban J connectivity index is 1.71. The summed E-state index contributed by atoms with van der Waals surface area (Å²) >= 11 is 17.1. The van der Waals surface area contributed by atoms with E-state index >= 15 is 0 Å². The number of carbonyl (C=O) groups is 1. The first-order valence-corrected chi connectivity index (χ1v) is 13.6. The normalized spacial score (nSPS) is 11.5. The van der Waals surface area contributed by atoms with E-state index in [9.17, 15) is 13.2 Å². The van der Waals surface area contributed by atoms with Gasteiger partial charge in [0.05, 0.1) is 33.6 Å². The molecular formula is C19H10Br3ClN4O3S2. The number of nitrogens with one attached hydrogen (secondary N) is 2. The van der Waals surface area contributed by atoms with Crippen molar-refractivity contribution in [1.82, 2.24) is 8.75 Å². The van der Waals surface area contributed by atoms with Crippen LogP contribution in [0, 0.1) is 0 Å². The van der Waals surface area contributed by atoms with Gasteiger partial charge in [0.1, 0.15) is 11.0 Å². The minimum absolute atomic E-state index is 0.0158. The monoisotopic (exact) mass is 678 g/mol. The number of anilines is 2. The summed E-state index contributed by atoms with van der Waals surface area (Å²) in [5.41, 5.74) is 1.76. The van der Waals surface area contributed by atoms with Gasteiger partial charge in [0.25, 0.3) is 15.9 Å².